The van der Waals surface area contributed by atoms with Gasteiger partial charge in [-0.25, -0.2) is 13.1 Å². The SMILES string of the molecule is Cc1ccc(OCCNS(=O)(=O)c2cccc3cc(C)cnc23)cc1. The second-order valence-electron chi connectivity index (χ2n) is 5.90. The van der Waals surface area contributed by atoms with Crippen molar-refractivity contribution in [1.29, 1.82) is 0 Å². The Labute approximate surface area is 147 Å². The molecule has 0 amide bonds. The standard InChI is InChI=1S/C19H20N2O3S/c1-14-6-8-17(9-7-14)24-11-10-21-25(22,23)18-5-3-4-16-12-15(2)13-20-19(16)18/h3-9,12-13,21H,10-11H2,1-2H3. The molecular formula is C19H20N2O3S. The van der Waals surface area contributed by atoms with E-state index in [-0.39, 0.29) is 18.0 Å². The first-order valence-corrected chi connectivity index (χ1v) is 9.48. The number of aromatic nitrogens is 1. The van der Waals surface area contributed by atoms with E-state index >= 15 is 0 Å². The van der Waals surface area contributed by atoms with E-state index in [4.69, 9.17) is 4.74 Å². The largest absolute Gasteiger partial charge is 0.492 e. The van der Waals surface area contributed by atoms with E-state index in [2.05, 4.69) is 9.71 Å². The van der Waals surface area contributed by atoms with Gasteiger partial charge in [0.1, 0.15) is 17.3 Å². The molecule has 0 atom stereocenters. The number of para-hydroxylation sites is 1. The average Bonchev–Trinajstić information content (AvgIpc) is 2.59. The van der Waals surface area contributed by atoms with Crippen molar-refractivity contribution in [3.05, 3.63) is 65.9 Å². The molecule has 3 rings (SSSR count). The van der Waals surface area contributed by atoms with Crippen LogP contribution in [0.5, 0.6) is 5.75 Å². The average molecular weight is 356 g/mol. The van der Waals surface area contributed by atoms with E-state index in [1.807, 2.05) is 50.2 Å². The maximum Gasteiger partial charge on any atom is 0.242 e. The fraction of sp³-hybridized carbons (Fsp3) is 0.211. The molecule has 1 N–H and O–H groups in total. The van der Waals surface area contributed by atoms with Gasteiger partial charge in [-0.15, -0.1) is 0 Å². The molecule has 0 unspecified atom stereocenters. The third-order valence-electron chi connectivity index (χ3n) is 3.78. The van der Waals surface area contributed by atoms with Crippen LogP contribution in [0.4, 0.5) is 0 Å². The third-order valence-corrected chi connectivity index (χ3v) is 5.28. The Bertz CT molecular complexity index is 983. The number of rotatable bonds is 6. The molecule has 0 aliphatic rings. The maximum atomic E-state index is 12.6. The minimum atomic E-state index is -3.65. The molecule has 0 radical (unpaired) electrons. The number of benzene rings is 2. The van der Waals surface area contributed by atoms with Crippen LogP contribution in [0.1, 0.15) is 11.1 Å². The van der Waals surface area contributed by atoms with Crippen molar-refractivity contribution >= 4 is 20.9 Å². The van der Waals surface area contributed by atoms with Gasteiger partial charge >= 0.3 is 0 Å². The zero-order valence-corrected chi connectivity index (χ0v) is 15.0. The molecule has 1 heterocycles. The summed E-state index contributed by atoms with van der Waals surface area (Å²) in [6.45, 7) is 4.35. The zero-order chi connectivity index (χ0) is 17.9. The maximum absolute atomic E-state index is 12.6. The van der Waals surface area contributed by atoms with Crippen molar-refractivity contribution in [3.63, 3.8) is 0 Å². The Morgan fingerprint density at radius 2 is 1.80 bits per heavy atom. The molecule has 0 spiro atoms. The Morgan fingerprint density at radius 1 is 1.04 bits per heavy atom. The number of nitrogens with one attached hydrogen (secondary N) is 1. The Kier molecular flexibility index (Phi) is 5.01. The highest BCUT2D eigenvalue weighted by molar-refractivity contribution is 7.89. The minimum Gasteiger partial charge on any atom is -0.492 e. The Morgan fingerprint density at radius 3 is 2.56 bits per heavy atom. The lowest BCUT2D eigenvalue weighted by Crippen LogP contribution is -2.28. The number of aryl methyl sites for hydroxylation is 2. The molecule has 0 fully saturated rings. The number of hydrogen-bond donors (Lipinski definition) is 1. The normalized spacial score (nSPS) is 11.6. The molecule has 0 saturated carbocycles. The van der Waals surface area contributed by atoms with Crippen LogP contribution in [0.2, 0.25) is 0 Å². The molecule has 2 aromatic carbocycles. The van der Waals surface area contributed by atoms with Gasteiger partial charge in [0.2, 0.25) is 10.0 Å². The molecule has 0 aliphatic carbocycles. The van der Waals surface area contributed by atoms with Crippen LogP contribution in [0.3, 0.4) is 0 Å². The van der Waals surface area contributed by atoms with Crippen LogP contribution in [-0.4, -0.2) is 26.6 Å². The molecule has 6 heteroatoms. The van der Waals surface area contributed by atoms with Crippen LogP contribution >= 0.6 is 0 Å². The molecule has 130 valence electrons. The number of ether oxygens (including phenoxy) is 1. The number of fused-ring (bicyclic) bond motifs is 1. The third kappa shape index (κ3) is 4.15. The summed E-state index contributed by atoms with van der Waals surface area (Å²) >= 11 is 0. The first-order valence-electron chi connectivity index (χ1n) is 8.00. The van der Waals surface area contributed by atoms with Crippen molar-refractivity contribution in [2.75, 3.05) is 13.2 Å². The van der Waals surface area contributed by atoms with E-state index in [1.165, 1.54) is 0 Å². The Balaban J connectivity index is 1.69. The second kappa shape index (κ2) is 7.21. The lowest BCUT2D eigenvalue weighted by atomic mass is 10.2. The van der Waals surface area contributed by atoms with Gasteiger partial charge in [-0.1, -0.05) is 29.8 Å². The molecule has 1 aromatic heterocycles. The van der Waals surface area contributed by atoms with Crippen LogP contribution < -0.4 is 9.46 Å². The van der Waals surface area contributed by atoms with Gasteiger partial charge in [0.25, 0.3) is 0 Å². The zero-order valence-electron chi connectivity index (χ0n) is 14.2. The van der Waals surface area contributed by atoms with Gasteiger partial charge in [-0.3, -0.25) is 4.98 Å². The number of nitrogens with zero attached hydrogens (tertiary/aromatic N) is 1. The monoisotopic (exact) mass is 356 g/mol. The topological polar surface area (TPSA) is 68.3 Å². The highest BCUT2D eigenvalue weighted by Crippen LogP contribution is 2.21. The first-order chi connectivity index (χ1) is 12.0. The van der Waals surface area contributed by atoms with Crippen LogP contribution in [-0.2, 0) is 10.0 Å². The molecule has 0 aliphatic heterocycles. The van der Waals surface area contributed by atoms with E-state index in [0.29, 0.717) is 11.3 Å². The first kappa shape index (κ1) is 17.4. The molecule has 5 nitrogen and oxygen atoms in total. The molecule has 3 aromatic rings. The lowest BCUT2D eigenvalue weighted by molar-refractivity contribution is 0.323. The smallest absolute Gasteiger partial charge is 0.242 e. The van der Waals surface area contributed by atoms with Gasteiger partial charge < -0.3 is 4.74 Å². The highest BCUT2D eigenvalue weighted by Gasteiger charge is 2.17. The van der Waals surface area contributed by atoms with Crippen molar-refractivity contribution in [3.8, 4) is 5.75 Å². The summed E-state index contributed by atoms with van der Waals surface area (Å²) in [5, 5.41) is 0.804. The van der Waals surface area contributed by atoms with Gasteiger partial charge in [0.05, 0.1) is 5.52 Å². The van der Waals surface area contributed by atoms with Crippen LogP contribution in [0.15, 0.2) is 59.6 Å². The molecule has 0 bridgehead atoms. The van der Waals surface area contributed by atoms with Crippen molar-refractivity contribution in [2.24, 2.45) is 0 Å². The summed E-state index contributed by atoms with van der Waals surface area (Å²) in [5.74, 6) is 0.715. The second-order valence-corrected chi connectivity index (χ2v) is 7.64. The van der Waals surface area contributed by atoms with E-state index in [1.54, 1.807) is 18.3 Å². The van der Waals surface area contributed by atoms with Gasteiger partial charge in [0.15, 0.2) is 0 Å². The summed E-state index contributed by atoms with van der Waals surface area (Å²) in [4.78, 5) is 4.46. The van der Waals surface area contributed by atoms with Gasteiger partial charge in [-0.05, 0) is 43.7 Å². The fourth-order valence-electron chi connectivity index (χ4n) is 2.52. The quantitative estimate of drug-likeness (QED) is 0.689. The van der Waals surface area contributed by atoms with E-state index < -0.39 is 10.0 Å². The fourth-order valence-corrected chi connectivity index (χ4v) is 3.71. The van der Waals surface area contributed by atoms with Crippen molar-refractivity contribution in [2.45, 2.75) is 18.7 Å². The summed E-state index contributed by atoms with van der Waals surface area (Å²) in [5.41, 5.74) is 2.60. The predicted octanol–water partition coefficient (Wildman–Crippen LogP) is 3.21. The summed E-state index contributed by atoms with van der Waals surface area (Å²) in [7, 11) is -3.65. The minimum absolute atomic E-state index is 0.179. The molecule has 25 heavy (non-hydrogen) atoms. The van der Waals surface area contributed by atoms with Crippen LogP contribution in [0.25, 0.3) is 10.9 Å². The summed E-state index contributed by atoms with van der Waals surface area (Å²) in [6, 6.07) is 14.7. The van der Waals surface area contributed by atoms with Crippen LogP contribution in [0, 0.1) is 13.8 Å². The van der Waals surface area contributed by atoms with Crippen molar-refractivity contribution in [1.82, 2.24) is 9.71 Å². The lowest BCUT2D eigenvalue weighted by Gasteiger charge is -2.10. The van der Waals surface area contributed by atoms with E-state index in [0.717, 1.165) is 16.5 Å². The Hall–Kier alpha value is -2.44. The van der Waals surface area contributed by atoms with Gasteiger partial charge in [-0.2, -0.15) is 0 Å². The van der Waals surface area contributed by atoms with E-state index in [9.17, 15) is 8.42 Å². The summed E-state index contributed by atoms with van der Waals surface area (Å²) in [6.07, 6.45) is 1.67. The van der Waals surface area contributed by atoms with Gasteiger partial charge in [0, 0.05) is 18.1 Å². The predicted molar refractivity (Wildman–Crippen MR) is 98.3 cm³/mol. The number of hydrogen-bond acceptors (Lipinski definition) is 4. The molecular weight excluding hydrogens is 336 g/mol. The summed E-state index contributed by atoms with van der Waals surface area (Å²) < 4.78 is 33.3. The van der Waals surface area contributed by atoms with Crippen molar-refractivity contribution < 1.29 is 13.2 Å². The number of sulfonamides is 1. The number of pyridine rings is 1. The molecule has 0 saturated heterocycles. The highest BCUT2D eigenvalue weighted by atomic mass is 32.2.